The summed E-state index contributed by atoms with van der Waals surface area (Å²) in [7, 11) is 0. The molecule has 9 nitrogen and oxygen atoms in total. The molecule has 29 heavy (non-hydrogen) atoms. The Balaban J connectivity index is 1.97. The van der Waals surface area contributed by atoms with Crippen LogP contribution in [0.25, 0.3) is 0 Å². The van der Waals surface area contributed by atoms with Gasteiger partial charge in [-0.25, -0.2) is 0 Å². The Labute approximate surface area is 166 Å². The molecule has 0 aliphatic carbocycles. The number of rotatable bonds is 10. The van der Waals surface area contributed by atoms with Crippen molar-refractivity contribution in [2.75, 3.05) is 10.6 Å². The third kappa shape index (κ3) is 8.12. The number of carboxylic acids is 2. The standard InChI is InChI=1S/C20H20N2O7/c23-17(7-9-19(25)26)21-13-3-1-5-15(11-13)29-16-6-2-4-14(12-16)22-18(24)8-10-20(27)28/h1-6,11-12H,7-10H2,(H,21,23)(H,22,24)(H,25,26)(H,27,28). The molecule has 0 unspecified atom stereocenters. The molecule has 0 aliphatic heterocycles. The van der Waals surface area contributed by atoms with Crippen molar-refractivity contribution in [2.24, 2.45) is 0 Å². The second-order valence-electron chi connectivity index (χ2n) is 6.04. The number of ether oxygens (including phenoxy) is 1. The summed E-state index contributed by atoms with van der Waals surface area (Å²) in [6.07, 6.45) is -0.784. The largest absolute Gasteiger partial charge is 0.481 e. The monoisotopic (exact) mass is 400 g/mol. The zero-order chi connectivity index (χ0) is 21.2. The average Bonchev–Trinajstić information content (AvgIpc) is 2.65. The van der Waals surface area contributed by atoms with E-state index in [4.69, 9.17) is 14.9 Å². The minimum Gasteiger partial charge on any atom is -0.481 e. The van der Waals surface area contributed by atoms with Gasteiger partial charge in [0.2, 0.25) is 11.8 Å². The Hall–Kier alpha value is -3.88. The van der Waals surface area contributed by atoms with Gasteiger partial charge in [0.15, 0.2) is 0 Å². The lowest BCUT2D eigenvalue weighted by Crippen LogP contribution is -2.13. The average molecular weight is 400 g/mol. The summed E-state index contributed by atoms with van der Waals surface area (Å²) in [5.41, 5.74) is 0.909. The highest BCUT2D eigenvalue weighted by Crippen LogP contribution is 2.26. The molecule has 0 saturated heterocycles. The van der Waals surface area contributed by atoms with Crippen molar-refractivity contribution in [3.63, 3.8) is 0 Å². The van der Waals surface area contributed by atoms with Crippen LogP contribution in [-0.2, 0) is 19.2 Å². The van der Waals surface area contributed by atoms with Crippen LogP contribution in [0.3, 0.4) is 0 Å². The van der Waals surface area contributed by atoms with Crippen LogP contribution in [0.4, 0.5) is 11.4 Å². The van der Waals surface area contributed by atoms with Crippen molar-refractivity contribution >= 4 is 35.1 Å². The number of carbonyl (C=O) groups excluding carboxylic acids is 2. The number of aliphatic carboxylic acids is 2. The first-order valence-corrected chi connectivity index (χ1v) is 8.73. The molecule has 9 heteroatoms. The van der Waals surface area contributed by atoms with E-state index >= 15 is 0 Å². The fourth-order valence-corrected chi connectivity index (χ4v) is 2.30. The highest BCUT2D eigenvalue weighted by atomic mass is 16.5. The van der Waals surface area contributed by atoms with Gasteiger partial charge in [-0.1, -0.05) is 12.1 Å². The highest BCUT2D eigenvalue weighted by Gasteiger charge is 2.08. The zero-order valence-electron chi connectivity index (χ0n) is 15.4. The lowest BCUT2D eigenvalue weighted by atomic mass is 10.2. The summed E-state index contributed by atoms with van der Waals surface area (Å²) in [5.74, 6) is -2.09. The van der Waals surface area contributed by atoms with Crippen LogP contribution < -0.4 is 15.4 Å². The van der Waals surface area contributed by atoms with Crippen molar-refractivity contribution in [2.45, 2.75) is 25.7 Å². The van der Waals surface area contributed by atoms with E-state index in [2.05, 4.69) is 10.6 Å². The Bertz CT molecular complexity index is 838. The molecule has 2 amide bonds. The van der Waals surface area contributed by atoms with Crippen molar-refractivity contribution < 1.29 is 34.1 Å². The van der Waals surface area contributed by atoms with E-state index in [0.29, 0.717) is 22.9 Å². The number of amides is 2. The topological polar surface area (TPSA) is 142 Å². The van der Waals surface area contributed by atoms with Crippen molar-refractivity contribution in [1.29, 1.82) is 0 Å². The van der Waals surface area contributed by atoms with E-state index in [-0.39, 0.29) is 25.7 Å². The number of benzene rings is 2. The van der Waals surface area contributed by atoms with Gasteiger partial charge in [-0.3, -0.25) is 19.2 Å². The highest BCUT2D eigenvalue weighted by molar-refractivity contribution is 5.93. The molecule has 0 spiro atoms. The van der Waals surface area contributed by atoms with Crippen molar-refractivity contribution in [3.05, 3.63) is 48.5 Å². The molecule has 0 fully saturated rings. The summed E-state index contributed by atoms with van der Waals surface area (Å²) in [6.45, 7) is 0. The summed E-state index contributed by atoms with van der Waals surface area (Å²) in [5, 5.41) is 22.4. The third-order valence-electron chi connectivity index (χ3n) is 3.60. The number of anilines is 2. The molecule has 0 bridgehead atoms. The van der Waals surface area contributed by atoms with Crippen molar-refractivity contribution in [3.8, 4) is 11.5 Å². The van der Waals surface area contributed by atoms with E-state index in [1.807, 2.05) is 0 Å². The Morgan fingerprint density at radius 2 is 1.10 bits per heavy atom. The normalized spacial score (nSPS) is 10.1. The van der Waals surface area contributed by atoms with E-state index in [1.165, 1.54) is 0 Å². The van der Waals surface area contributed by atoms with E-state index < -0.39 is 23.8 Å². The molecular formula is C20H20N2O7. The minimum absolute atomic E-state index is 0.135. The van der Waals surface area contributed by atoms with E-state index in [0.717, 1.165) is 0 Å². The maximum atomic E-state index is 11.7. The Kier molecular flexibility index (Phi) is 7.72. The number of hydrogen-bond acceptors (Lipinski definition) is 5. The van der Waals surface area contributed by atoms with Crippen LogP contribution in [0.15, 0.2) is 48.5 Å². The first-order chi connectivity index (χ1) is 13.8. The second-order valence-corrected chi connectivity index (χ2v) is 6.04. The fourth-order valence-electron chi connectivity index (χ4n) is 2.30. The predicted molar refractivity (Wildman–Crippen MR) is 104 cm³/mol. The van der Waals surface area contributed by atoms with Gasteiger partial charge in [-0.2, -0.15) is 0 Å². The maximum absolute atomic E-state index is 11.7. The third-order valence-corrected chi connectivity index (χ3v) is 3.60. The number of carbonyl (C=O) groups is 4. The van der Waals surface area contributed by atoms with Gasteiger partial charge >= 0.3 is 11.9 Å². The van der Waals surface area contributed by atoms with Crippen LogP contribution in [0.5, 0.6) is 11.5 Å². The number of nitrogens with one attached hydrogen (secondary N) is 2. The Morgan fingerprint density at radius 1 is 0.690 bits per heavy atom. The van der Waals surface area contributed by atoms with Gasteiger partial charge in [-0.15, -0.1) is 0 Å². The van der Waals surface area contributed by atoms with Gasteiger partial charge in [-0.05, 0) is 24.3 Å². The van der Waals surface area contributed by atoms with Gasteiger partial charge in [0.25, 0.3) is 0 Å². The fraction of sp³-hybridized carbons (Fsp3) is 0.200. The molecule has 2 aromatic carbocycles. The van der Waals surface area contributed by atoms with Crippen molar-refractivity contribution in [1.82, 2.24) is 0 Å². The lowest BCUT2D eigenvalue weighted by Gasteiger charge is -2.10. The van der Waals surface area contributed by atoms with Gasteiger partial charge in [0, 0.05) is 36.3 Å². The van der Waals surface area contributed by atoms with Gasteiger partial charge in [0.1, 0.15) is 11.5 Å². The molecule has 0 saturated carbocycles. The molecule has 2 aromatic rings. The second kappa shape index (κ2) is 10.5. The van der Waals surface area contributed by atoms with Crippen LogP contribution in [-0.4, -0.2) is 34.0 Å². The minimum atomic E-state index is -1.05. The van der Waals surface area contributed by atoms with Crippen LogP contribution in [0.2, 0.25) is 0 Å². The Morgan fingerprint density at radius 3 is 1.48 bits per heavy atom. The van der Waals surface area contributed by atoms with Crippen LogP contribution in [0.1, 0.15) is 25.7 Å². The quantitative estimate of drug-likeness (QED) is 0.480. The summed E-state index contributed by atoms with van der Waals surface area (Å²) in [6, 6.07) is 13.1. The molecule has 4 N–H and O–H groups in total. The zero-order valence-corrected chi connectivity index (χ0v) is 15.4. The summed E-state index contributed by atoms with van der Waals surface area (Å²) < 4.78 is 5.73. The molecular weight excluding hydrogens is 380 g/mol. The maximum Gasteiger partial charge on any atom is 0.303 e. The molecule has 0 aliphatic rings. The van der Waals surface area contributed by atoms with Crippen LogP contribution >= 0.6 is 0 Å². The summed E-state index contributed by atoms with van der Waals surface area (Å²) >= 11 is 0. The molecule has 0 heterocycles. The number of hydrogen-bond donors (Lipinski definition) is 4. The van der Waals surface area contributed by atoms with E-state index in [1.54, 1.807) is 48.5 Å². The number of carboxylic acid groups (broad SMARTS) is 2. The first-order valence-electron chi connectivity index (χ1n) is 8.73. The summed E-state index contributed by atoms with van der Waals surface area (Å²) in [4.78, 5) is 44.5. The smallest absolute Gasteiger partial charge is 0.303 e. The first kappa shape index (κ1) is 21.4. The molecule has 0 radical (unpaired) electrons. The SMILES string of the molecule is O=C(O)CCC(=O)Nc1cccc(Oc2cccc(NC(=O)CCC(=O)O)c2)c1. The molecule has 0 atom stereocenters. The predicted octanol–water partition coefficient (Wildman–Crippen LogP) is 3.09. The van der Waals surface area contributed by atoms with Gasteiger partial charge in [0.05, 0.1) is 12.8 Å². The molecule has 0 aromatic heterocycles. The van der Waals surface area contributed by atoms with E-state index in [9.17, 15) is 19.2 Å². The lowest BCUT2D eigenvalue weighted by molar-refractivity contribution is -0.138. The molecule has 2 rings (SSSR count). The molecule has 152 valence electrons. The van der Waals surface area contributed by atoms with Crippen LogP contribution in [0, 0.1) is 0 Å². The van der Waals surface area contributed by atoms with Gasteiger partial charge < -0.3 is 25.6 Å².